The van der Waals surface area contributed by atoms with E-state index in [-0.39, 0.29) is 17.5 Å². The molecule has 0 fully saturated rings. The zero-order chi connectivity index (χ0) is 15.9. The summed E-state index contributed by atoms with van der Waals surface area (Å²) in [4.78, 5) is 4.22. The lowest BCUT2D eigenvalue weighted by molar-refractivity contribution is 0.439. The third kappa shape index (κ3) is 3.66. The van der Waals surface area contributed by atoms with E-state index in [1.807, 2.05) is 24.3 Å². The molecule has 5 nitrogen and oxygen atoms in total. The number of hydrazone groups is 1. The van der Waals surface area contributed by atoms with Crippen molar-refractivity contribution in [3.8, 4) is 6.07 Å². The van der Waals surface area contributed by atoms with Crippen molar-refractivity contribution < 1.29 is 4.42 Å². The fourth-order valence-corrected chi connectivity index (χ4v) is 2.23. The molecular formula is C16H17ClN4O. The molecule has 0 aliphatic heterocycles. The Morgan fingerprint density at radius 3 is 2.77 bits per heavy atom. The topological polar surface area (TPSA) is 74.2 Å². The first-order valence-electron chi connectivity index (χ1n) is 7.14. The van der Waals surface area contributed by atoms with Crippen LogP contribution >= 0.6 is 11.6 Å². The molecular weight excluding hydrogens is 300 g/mol. The second-order valence-corrected chi connectivity index (χ2v) is 5.15. The van der Waals surface area contributed by atoms with Gasteiger partial charge in [-0.25, -0.2) is 10.4 Å². The Hall–Kier alpha value is -2.32. The summed E-state index contributed by atoms with van der Waals surface area (Å²) in [5, 5.41) is 13.8. The Kier molecular flexibility index (Phi) is 5.56. The highest BCUT2D eigenvalue weighted by atomic mass is 35.5. The Bertz CT molecular complexity index is 698. The smallest absolute Gasteiger partial charge is 0.252 e. The van der Waals surface area contributed by atoms with Crippen LogP contribution in [0.25, 0.3) is 0 Å². The molecule has 0 aliphatic carbocycles. The van der Waals surface area contributed by atoms with E-state index in [9.17, 15) is 0 Å². The molecule has 0 spiro atoms. The average Bonchev–Trinajstić information content (AvgIpc) is 2.93. The molecule has 1 aromatic heterocycles. The first-order valence-corrected chi connectivity index (χ1v) is 7.51. The molecule has 1 N–H and O–H groups in total. The van der Waals surface area contributed by atoms with Crippen molar-refractivity contribution in [1.82, 2.24) is 4.98 Å². The molecule has 2 aromatic rings. The Morgan fingerprint density at radius 1 is 1.41 bits per heavy atom. The van der Waals surface area contributed by atoms with Crippen molar-refractivity contribution in [1.29, 1.82) is 5.26 Å². The van der Waals surface area contributed by atoms with Crippen molar-refractivity contribution in [2.24, 2.45) is 5.10 Å². The minimum absolute atomic E-state index is 0.204. The van der Waals surface area contributed by atoms with E-state index in [1.165, 1.54) is 0 Å². The molecule has 0 bridgehead atoms. The van der Waals surface area contributed by atoms with Crippen LogP contribution in [-0.4, -0.2) is 11.2 Å². The van der Waals surface area contributed by atoms with E-state index >= 15 is 0 Å². The summed E-state index contributed by atoms with van der Waals surface area (Å²) < 4.78 is 5.63. The normalized spacial score (nSPS) is 11.0. The van der Waals surface area contributed by atoms with E-state index in [4.69, 9.17) is 21.3 Å². The third-order valence-corrected chi connectivity index (χ3v) is 3.70. The Morgan fingerprint density at radius 2 is 2.14 bits per heavy atom. The van der Waals surface area contributed by atoms with Crippen LogP contribution in [-0.2, 0) is 0 Å². The van der Waals surface area contributed by atoms with E-state index in [0.29, 0.717) is 10.9 Å². The molecule has 1 aromatic carbocycles. The molecule has 1 heterocycles. The highest BCUT2D eigenvalue weighted by Gasteiger charge is 2.18. The fourth-order valence-electron chi connectivity index (χ4n) is 2.04. The monoisotopic (exact) mass is 316 g/mol. The lowest BCUT2D eigenvalue weighted by atomic mass is 10.0. The number of hydrogen-bond donors (Lipinski definition) is 1. The summed E-state index contributed by atoms with van der Waals surface area (Å²) >= 11 is 6.04. The third-order valence-electron chi connectivity index (χ3n) is 3.36. The molecule has 6 heteroatoms. The number of oxazole rings is 1. The van der Waals surface area contributed by atoms with Crippen molar-refractivity contribution in [2.45, 2.75) is 32.6 Å². The summed E-state index contributed by atoms with van der Waals surface area (Å²) in [6, 6.07) is 9.35. The number of hydrogen-bond acceptors (Lipinski definition) is 5. The van der Waals surface area contributed by atoms with Crippen LogP contribution in [0.3, 0.4) is 0 Å². The van der Waals surface area contributed by atoms with Gasteiger partial charge in [-0.15, -0.1) is 0 Å². The van der Waals surface area contributed by atoms with Gasteiger partial charge >= 0.3 is 0 Å². The van der Waals surface area contributed by atoms with Gasteiger partial charge in [-0.05, 0) is 18.9 Å². The van der Waals surface area contributed by atoms with Gasteiger partial charge < -0.3 is 4.42 Å². The van der Waals surface area contributed by atoms with Crippen LogP contribution in [0.15, 0.2) is 33.8 Å². The molecule has 2 rings (SSSR count). The van der Waals surface area contributed by atoms with Crippen molar-refractivity contribution in [3.63, 3.8) is 0 Å². The molecule has 0 unspecified atom stereocenters. The van der Waals surface area contributed by atoms with Crippen LogP contribution in [0, 0.1) is 11.3 Å². The maximum absolute atomic E-state index is 9.13. The lowest BCUT2D eigenvalue weighted by Crippen LogP contribution is -1.95. The van der Waals surface area contributed by atoms with E-state index in [0.717, 1.165) is 18.4 Å². The molecule has 0 saturated carbocycles. The number of nitriles is 1. The van der Waals surface area contributed by atoms with Gasteiger partial charge in [-0.2, -0.15) is 10.4 Å². The highest BCUT2D eigenvalue weighted by Crippen LogP contribution is 2.27. The summed E-state index contributed by atoms with van der Waals surface area (Å²) in [5.74, 6) is 1.03. The van der Waals surface area contributed by atoms with Crippen LogP contribution in [0.1, 0.15) is 49.8 Å². The predicted octanol–water partition coefficient (Wildman–Crippen LogP) is 4.55. The summed E-state index contributed by atoms with van der Waals surface area (Å²) in [6.45, 7) is 4.13. The predicted molar refractivity (Wildman–Crippen MR) is 87.2 cm³/mol. The van der Waals surface area contributed by atoms with E-state index < -0.39 is 0 Å². The molecule has 0 atom stereocenters. The van der Waals surface area contributed by atoms with Gasteiger partial charge in [-0.1, -0.05) is 43.6 Å². The number of anilines is 1. The lowest BCUT2D eigenvalue weighted by Gasteiger charge is -2.05. The summed E-state index contributed by atoms with van der Waals surface area (Å²) in [7, 11) is 0. The molecule has 114 valence electrons. The van der Waals surface area contributed by atoms with Gasteiger partial charge in [0.2, 0.25) is 11.6 Å². The standard InChI is InChI=1S/C16H17ClN4O/c1-3-11(4-2)15-20-14(9-18)16(22-15)21-19-10-12-7-5-6-8-13(12)17/h5-8,10-11,21H,3-4H2,1-2H3/b19-10+. The van der Waals surface area contributed by atoms with Gasteiger partial charge in [-0.3, -0.25) is 0 Å². The van der Waals surface area contributed by atoms with Crippen molar-refractivity contribution >= 4 is 23.7 Å². The minimum atomic E-state index is 0.204. The first-order chi connectivity index (χ1) is 10.7. The van der Waals surface area contributed by atoms with Crippen LogP contribution < -0.4 is 5.43 Å². The Labute approximate surface area is 134 Å². The maximum atomic E-state index is 9.13. The molecule has 0 aliphatic rings. The van der Waals surface area contributed by atoms with Gasteiger partial charge in [0, 0.05) is 16.5 Å². The second kappa shape index (κ2) is 7.62. The van der Waals surface area contributed by atoms with Gasteiger partial charge in [0.1, 0.15) is 6.07 Å². The quantitative estimate of drug-likeness (QED) is 0.626. The SMILES string of the molecule is CCC(CC)c1nc(C#N)c(N/N=C/c2ccccc2Cl)o1. The maximum Gasteiger partial charge on any atom is 0.252 e. The van der Waals surface area contributed by atoms with Gasteiger partial charge in [0.05, 0.1) is 6.21 Å². The largest absolute Gasteiger partial charge is 0.422 e. The average molecular weight is 317 g/mol. The zero-order valence-corrected chi connectivity index (χ0v) is 13.3. The van der Waals surface area contributed by atoms with E-state index in [2.05, 4.69) is 29.4 Å². The molecule has 22 heavy (non-hydrogen) atoms. The molecule has 0 saturated heterocycles. The molecule has 0 amide bonds. The number of nitrogens with zero attached hydrogens (tertiary/aromatic N) is 3. The van der Waals surface area contributed by atoms with Crippen molar-refractivity contribution in [3.05, 3.63) is 46.4 Å². The number of benzene rings is 1. The second-order valence-electron chi connectivity index (χ2n) is 4.75. The minimum Gasteiger partial charge on any atom is -0.422 e. The summed E-state index contributed by atoms with van der Waals surface area (Å²) in [5.41, 5.74) is 3.70. The zero-order valence-electron chi connectivity index (χ0n) is 12.5. The number of aromatic nitrogens is 1. The molecule has 0 radical (unpaired) electrons. The van der Waals surface area contributed by atoms with Gasteiger partial charge in [0.25, 0.3) is 5.88 Å². The summed E-state index contributed by atoms with van der Waals surface area (Å²) in [6.07, 6.45) is 3.39. The van der Waals surface area contributed by atoms with E-state index in [1.54, 1.807) is 12.3 Å². The number of halogens is 1. The number of rotatable bonds is 6. The van der Waals surface area contributed by atoms with Crippen molar-refractivity contribution in [2.75, 3.05) is 5.43 Å². The van der Waals surface area contributed by atoms with Crippen LogP contribution in [0.2, 0.25) is 5.02 Å². The highest BCUT2D eigenvalue weighted by molar-refractivity contribution is 6.33. The number of nitrogens with one attached hydrogen (secondary N) is 1. The first kappa shape index (κ1) is 16.1. The fraction of sp³-hybridized carbons (Fsp3) is 0.312. The van der Waals surface area contributed by atoms with Crippen LogP contribution in [0.5, 0.6) is 0 Å². The van der Waals surface area contributed by atoms with Gasteiger partial charge in [0.15, 0.2) is 0 Å². The Balaban J connectivity index is 2.16. The van der Waals surface area contributed by atoms with Crippen LogP contribution in [0.4, 0.5) is 5.88 Å².